The Kier molecular flexibility index (Phi) is 6.76. The van der Waals surface area contributed by atoms with Crippen LogP contribution in [0, 0.1) is 0 Å². The quantitative estimate of drug-likeness (QED) is 0.330. The molecule has 0 saturated carbocycles. The summed E-state index contributed by atoms with van der Waals surface area (Å²) in [6.45, 7) is 3.12. The molecule has 2 aromatic carbocycles. The van der Waals surface area contributed by atoms with E-state index in [-0.39, 0.29) is 0 Å². The Balaban J connectivity index is 1.93. The van der Waals surface area contributed by atoms with Gasteiger partial charge in [0.2, 0.25) is 0 Å². The molecule has 0 saturated heterocycles. The topological polar surface area (TPSA) is 69.5 Å². The molecular weight excluding hydrogens is 310 g/mol. The zero-order valence-electron chi connectivity index (χ0n) is 13.8. The summed E-state index contributed by atoms with van der Waals surface area (Å²) in [7, 11) is 1.60. The lowest BCUT2D eigenvalue weighted by Crippen LogP contribution is -2.10. The van der Waals surface area contributed by atoms with Crippen molar-refractivity contribution in [1.29, 1.82) is 0 Å². The first-order valence-corrected chi connectivity index (χ1v) is 7.61. The van der Waals surface area contributed by atoms with Crippen LogP contribution in [-0.4, -0.2) is 38.4 Å². The summed E-state index contributed by atoms with van der Waals surface area (Å²) >= 11 is 0. The molecule has 0 bridgehead atoms. The van der Waals surface area contributed by atoms with Gasteiger partial charge in [-0.1, -0.05) is 17.3 Å². The molecule has 24 heavy (non-hydrogen) atoms. The second-order valence-corrected chi connectivity index (χ2v) is 4.73. The maximum Gasteiger partial charge on any atom is 0.161 e. The molecule has 0 aliphatic carbocycles. The molecule has 0 aliphatic rings. The molecule has 1 N–H and O–H groups in total. The lowest BCUT2D eigenvalue weighted by atomic mass is 10.2. The van der Waals surface area contributed by atoms with Gasteiger partial charge in [0.25, 0.3) is 0 Å². The molecule has 0 aromatic heterocycles. The maximum absolute atomic E-state index is 8.60. The van der Waals surface area contributed by atoms with E-state index in [1.807, 2.05) is 31.2 Å². The van der Waals surface area contributed by atoms with Crippen LogP contribution in [0.5, 0.6) is 23.0 Å². The normalized spacial score (nSPS) is 10.6. The fourth-order valence-corrected chi connectivity index (χ4v) is 2.10. The number of rotatable bonds is 9. The molecule has 2 aromatic rings. The third kappa shape index (κ3) is 4.81. The molecule has 0 atom stereocenters. The molecule has 0 fully saturated rings. The second kappa shape index (κ2) is 9.29. The summed E-state index contributed by atoms with van der Waals surface area (Å²) in [5.74, 6) is 2.55. The number of hydrogen-bond donors (Lipinski definition) is 1. The van der Waals surface area contributed by atoms with E-state index in [9.17, 15) is 0 Å². The van der Waals surface area contributed by atoms with Gasteiger partial charge in [-0.3, -0.25) is 0 Å². The summed E-state index contributed by atoms with van der Waals surface area (Å²) in [5.41, 5.74) is 0.721. The Morgan fingerprint density at radius 2 is 1.58 bits per heavy atom. The van der Waals surface area contributed by atoms with Crippen molar-refractivity contribution >= 4 is 6.21 Å². The highest BCUT2D eigenvalue weighted by atomic mass is 16.5. The van der Waals surface area contributed by atoms with Gasteiger partial charge in [-0.15, -0.1) is 0 Å². The van der Waals surface area contributed by atoms with E-state index < -0.39 is 0 Å². The van der Waals surface area contributed by atoms with Gasteiger partial charge >= 0.3 is 0 Å². The fraction of sp³-hybridized carbons (Fsp3) is 0.278. The molecule has 6 nitrogen and oxygen atoms in total. The highest BCUT2D eigenvalue weighted by Crippen LogP contribution is 2.29. The van der Waals surface area contributed by atoms with Crippen molar-refractivity contribution in [3.8, 4) is 23.0 Å². The van der Waals surface area contributed by atoms with E-state index in [4.69, 9.17) is 24.2 Å². The van der Waals surface area contributed by atoms with Gasteiger partial charge in [0.05, 0.1) is 19.9 Å². The largest absolute Gasteiger partial charge is 0.493 e. The minimum Gasteiger partial charge on any atom is -0.493 e. The Hall–Kier alpha value is -2.89. The summed E-state index contributed by atoms with van der Waals surface area (Å²) in [4.78, 5) is 0. The van der Waals surface area contributed by atoms with Crippen LogP contribution in [0.2, 0.25) is 0 Å². The minimum atomic E-state index is 0.353. The van der Waals surface area contributed by atoms with E-state index in [2.05, 4.69) is 5.16 Å². The van der Waals surface area contributed by atoms with Crippen LogP contribution in [0.15, 0.2) is 47.6 Å². The highest BCUT2D eigenvalue weighted by Gasteiger charge is 2.07. The summed E-state index contributed by atoms with van der Waals surface area (Å²) in [6, 6.07) is 12.7. The van der Waals surface area contributed by atoms with Gasteiger partial charge < -0.3 is 24.2 Å². The third-order valence-corrected chi connectivity index (χ3v) is 3.14. The minimum absolute atomic E-state index is 0.353. The van der Waals surface area contributed by atoms with Gasteiger partial charge in [-0.25, -0.2) is 0 Å². The predicted octanol–water partition coefficient (Wildman–Crippen LogP) is 3.36. The van der Waals surface area contributed by atoms with Crippen molar-refractivity contribution in [3.05, 3.63) is 48.0 Å². The maximum atomic E-state index is 8.60. The van der Waals surface area contributed by atoms with Crippen LogP contribution >= 0.6 is 0 Å². The van der Waals surface area contributed by atoms with E-state index in [0.717, 1.165) is 5.56 Å². The first kappa shape index (κ1) is 17.5. The molecule has 6 heteroatoms. The van der Waals surface area contributed by atoms with E-state index >= 15 is 0 Å². The van der Waals surface area contributed by atoms with Crippen molar-refractivity contribution in [2.24, 2.45) is 5.16 Å². The van der Waals surface area contributed by atoms with Gasteiger partial charge in [-0.2, -0.15) is 0 Å². The van der Waals surface area contributed by atoms with Gasteiger partial charge in [0.1, 0.15) is 13.2 Å². The Bertz CT molecular complexity index is 672. The number of ether oxygens (including phenoxy) is 4. The predicted molar refractivity (Wildman–Crippen MR) is 91.0 cm³/mol. The smallest absolute Gasteiger partial charge is 0.161 e. The lowest BCUT2D eigenvalue weighted by Gasteiger charge is -2.14. The van der Waals surface area contributed by atoms with Gasteiger partial charge in [0.15, 0.2) is 23.0 Å². The van der Waals surface area contributed by atoms with Crippen LogP contribution in [0.3, 0.4) is 0 Å². The molecule has 2 rings (SSSR count). The molecule has 0 heterocycles. The summed E-state index contributed by atoms with van der Waals surface area (Å²) in [5, 5.41) is 11.6. The molecule has 128 valence electrons. The van der Waals surface area contributed by atoms with Gasteiger partial charge in [-0.05, 0) is 37.3 Å². The van der Waals surface area contributed by atoms with Crippen LogP contribution in [0.1, 0.15) is 12.5 Å². The van der Waals surface area contributed by atoms with Crippen molar-refractivity contribution in [2.45, 2.75) is 6.92 Å². The standard InChI is InChI=1S/C18H21NO5/c1-3-22-18-12-14(13-19-20)8-9-17(18)24-11-10-23-16-7-5-4-6-15(16)21-2/h4-9,12-13,20H,3,10-11H2,1-2H3/b19-13+. The molecule has 0 amide bonds. The molecule has 0 radical (unpaired) electrons. The lowest BCUT2D eigenvalue weighted by molar-refractivity contribution is 0.203. The number of hydrogen-bond acceptors (Lipinski definition) is 6. The first-order chi connectivity index (χ1) is 11.8. The van der Waals surface area contributed by atoms with E-state index in [0.29, 0.717) is 42.8 Å². The summed E-state index contributed by atoms with van der Waals surface area (Å²) in [6.07, 6.45) is 1.33. The zero-order valence-corrected chi connectivity index (χ0v) is 13.8. The molecule has 0 aliphatic heterocycles. The van der Waals surface area contributed by atoms with Crippen LogP contribution in [0.4, 0.5) is 0 Å². The second-order valence-electron chi connectivity index (χ2n) is 4.73. The monoisotopic (exact) mass is 331 g/mol. The number of benzene rings is 2. The average molecular weight is 331 g/mol. The third-order valence-electron chi connectivity index (χ3n) is 3.14. The number of methoxy groups -OCH3 is 1. The van der Waals surface area contributed by atoms with Crippen molar-refractivity contribution in [2.75, 3.05) is 26.9 Å². The SMILES string of the molecule is CCOc1cc(/C=N/O)ccc1OCCOc1ccccc1OC. The number of oxime groups is 1. The van der Waals surface area contributed by atoms with Crippen molar-refractivity contribution < 1.29 is 24.2 Å². The Labute approximate surface area is 141 Å². The number of para-hydroxylation sites is 2. The summed E-state index contributed by atoms with van der Waals surface area (Å²) < 4.78 is 22.2. The highest BCUT2D eigenvalue weighted by molar-refractivity contribution is 5.80. The van der Waals surface area contributed by atoms with Crippen LogP contribution in [-0.2, 0) is 0 Å². The fourth-order valence-electron chi connectivity index (χ4n) is 2.10. The van der Waals surface area contributed by atoms with E-state index in [1.165, 1.54) is 6.21 Å². The molecule has 0 unspecified atom stereocenters. The van der Waals surface area contributed by atoms with Crippen LogP contribution < -0.4 is 18.9 Å². The average Bonchev–Trinajstić information content (AvgIpc) is 2.61. The van der Waals surface area contributed by atoms with Crippen molar-refractivity contribution in [3.63, 3.8) is 0 Å². The Morgan fingerprint density at radius 3 is 2.21 bits per heavy atom. The molecule has 0 spiro atoms. The number of nitrogens with zero attached hydrogens (tertiary/aromatic N) is 1. The first-order valence-electron chi connectivity index (χ1n) is 7.61. The van der Waals surface area contributed by atoms with E-state index in [1.54, 1.807) is 25.3 Å². The van der Waals surface area contributed by atoms with Gasteiger partial charge in [0, 0.05) is 5.56 Å². The Morgan fingerprint density at radius 1 is 0.917 bits per heavy atom. The van der Waals surface area contributed by atoms with Crippen molar-refractivity contribution in [1.82, 2.24) is 0 Å². The van der Waals surface area contributed by atoms with Crippen LogP contribution in [0.25, 0.3) is 0 Å². The zero-order chi connectivity index (χ0) is 17.2. The molecular formula is C18H21NO5.